The third-order valence-electron chi connectivity index (χ3n) is 3.68. The lowest BCUT2D eigenvalue weighted by Crippen LogP contribution is -2.22. The van der Waals surface area contributed by atoms with Crippen LogP contribution in [0.4, 0.5) is 0 Å². The van der Waals surface area contributed by atoms with E-state index < -0.39 is 0 Å². The van der Waals surface area contributed by atoms with Crippen molar-refractivity contribution in [2.45, 2.75) is 19.5 Å². The molecule has 4 nitrogen and oxygen atoms in total. The summed E-state index contributed by atoms with van der Waals surface area (Å²) in [5, 5.41) is 13.6. The van der Waals surface area contributed by atoms with Crippen LogP contribution < -0.4 is 5.32 Å². The summed E-state index contributed by atoms with van der Waals surface area (Å²) in [6.07, 6.45) is 3.75. The molecule has 2 heterocycles. The molecule has 0 aliphatic heterocycles. The van der Waals surface area contributed by atoms with Gasteiger partial charge < -0.3 is 14.3 Å². The Morgan fingerprint density at radius 2 is 2.24 bits per heavy atom. The number of nitrogens with zero attached hydrogens (tertiary/aromatic N) is 2. The average Bonchev–Trinajstić information content (AvgIpc) is 3.16. The number of benzene rings is 1. The molecule has 0 saturated heterocycles. The molecule has 0 spiro atoms. The summed E-state index contributed by atoms with van der Waals surface area (Å²) in [6.45, 7) is 3.77. The molecule has 0 amide bonds. The van der Waals surface area contributed by atoms with Gasteiger partial charge >= 0.3 is 0 Å². The average molecular weight is 279 g/mol. The fourth-order valence-corrected chi connectivity index (χ4v) is 2.49. The zero-order chi connectivity index (χ0) is 14.7. The van der Waals surface area contributed by atoms with Crippen molar-refractivity contribution in [3.63, 3.8) is 0 Å². The number of hydrogen-bond acceptors (Lipinski definition) is 3. The van der Waals surface area contributed by atoms with Gasteiger partial charge in [-0.05, 0) is 42.6 Å². The number of nitriles is 1. The molecule has 2 aromatic heterocycles. The minimum atomic E-state index is 0.191. The van der Waals surface area contributed by atoms with E-state index in [9.17, 15) is 0 Å². The van der Waals surface area contributed by atoms with Crippen LogP contribution in [0, 0.1) is 11.3 Å². The van der Waals surface area contributed by atoms with Crippen LogP contribution in [0.2, 0.25) is 0 Å². The number of fused-ring (bicyclic) bond motifs is 1. The predicted octanol–water partition coefficient (Wildman–Crippen LogP) is 3.46. The first-order valence-corrected chi connectivity index (χ1v) is 7.04. The SMILES string of the molecule is CC(NCCn1ccc2ccc(C#N)cc21)c1ccco1. The van der Waals surface area contributed by atoms with Gasteiger partial charge in [-0.1, -0.05) is 6.07 Å². The van der Waals surface area contributed by atoms with Crippen molar-refractivity contribution in [2.24, 2.45) is 0 Å². The lowest BCUT2D eigenvalue weighted by molar-refractivity contribution is 0.425. The molecule has 3 aromatic rings. The van der Waals surface area contributed by atoms with Gasteiger partial charge in [-0.3, -0.25) is 0 Å². The highest BCUT2D eigenvalue weighted by Gasteiger charge is 2.07. The second kappa shape index (κ2) is 5.86. The Morgan fingerprint density at radius 3 is 3.00 bits per heavy atom. The molecule has 0 bridgehead atoms. The van der Waals surface area contributed by atoms with Crippen molar-refractivity contribution in [1.82, 2.24) is 9.88 Å². The van der Waals surface area contributed by atoms with E-state index in [1.54, 1.807) is 6.26 Å². The Kier molecular flexibility index (Phi) is 3.76. The topological polar surface area (TPSA) is 53.9 Å². The van der Waals surface area contributed by atoms with Crippen molar-refractivity contribution in [3.05, 3.63) is 60.2 Å². The summed E-state index contributed by atoms with van der Waals surface area (Å²) >= 11 is 0. The maximum atomic E-state index is 9.00. The lowest BCUT2D eigenvalue weighted by atomic mass is 10.2. The van der Waals surface area contributed by atoms with Gasteiger partial charge in [0.2, 0.25) is 0 Å². The van der Waals surface area contributed by atoms with Gasteiger partial charge in [0.05, 0.1) is 23.9 Å². The minimum absolute atomic E-state index is 0.191. The smallest absolute Gasteiger partial charge is 0.120 e. The Hall–Kier alpha value is -2.51. The van der Waals surface area contributed by atoms with Gasteiger partial charge in [0.15, 0.2) is 0 Å². The number of furan rings is 1. The number of hydrogen-bond donors (Lipinski definition) is 1. The van der Waals surface area contributed by atoms with Crippen LogP contribution in [0.5, 0.6) is 0 Å². The lowest BCUT2D eigenvalue weighted by Gasteiger charge is -2.12. The van der Waals surface area contributed by atoms with Gasteiger partial charge in [0.25, 0.3) is 0 Å². The van der Waals surface area contributed by atoms with Crippen molar-refractivity contribution < 1.29 is 4.42 Å². The second-order valence-electron chi connectivity index (χ2n) is 5.09. The molecular weight excluding hydrogens is 262 g/mol. The summed E-state index contributed by atoms with van der Waals surface area (Å²) in [7, 11) is 0. The molecule has 106 valence electrons. The van der Waals surface area contributed by atoms with Crippen molar-refractivity contribution >= 4 is 10.9 Å². The highest BCUT2D eigenvalue weighted by atomic mass is 16.3. The minimum Gasteiger partial charge on any atom is -0.468 e. The third kappa shape index (κ3) is 2.83. The first-order chi connectivity index (χ1) is 10.3. The maximum absolute atomic E-state index is 9.00. The van der Waals surface area contributed by atoms with Crippen LogP contribution >= 0.6 is 0 Å². The van der Waals surface area contributed by atoms with E-state index in [2.05, 4.69) is 35.1 Å². The van der Waals surface area contributed by atoms with Gasteiger partial charge in [0.1, 0.15) is 5.76 Å². The molecule has 4 heteroatoms. The predicted molar refractivity (Wildman–Crippen MR) is 81.8 cm³/mol. The summed E-state index contributed by atoms with van der Waals surface area (Å²) in [5.74, 6) is 0.944. The summed E-state index contributed by atoms with van der Waals surface area (Å²) in [4.78, 5) is 0. The number of rotatable bonds is 5. The summed E-state index contributed by atoms with van der Waals surface area (Å²) < 4.78 is 7.54. The Morgan fingerprint density at radius 1 is 1.33 bits per heavy atom. The van der Waals surface area contributed by atoms with E-state index in [1.807, 2.05) is 30.3 Å². The quantitative estimate of drug-likeness (QED) is 0.778. The third-order valence-corrected chi connectivity index (χ3v) is 3.68. The van der Waals surface area contributed by atoms with Gasteiger partial charge in [-0.2, -0.15) is 5.26 Å². The molecule has 3 rings (SSSR count). The van der Waals surface area contributed by atoms with Gasteiger partial charge in [0, 0.05) is 24.8 Å². The zero-order valence-corrected chi connectivity index (χ0v) is 11.9. The van der Waals surface area contributed by atoms with Crippen LogP contribution in [0.3, 0.4) is 0 Å². The Balaban J connectivity index is 1.67. The van der Waals surface area contributed by atoms with Crippen LogP contribution in [0.1, 0.15) is 24.3 Å². The number of nitrogens with one attached hydrogen (secondary N) is 1. The molecule has 21 heavy (non-hydrogen) atoms. The van der Waals surface area contributed by atoms with Crippen LogP contribution in [0.25, 0.3) is 10.9 Å². The molecular formula is C17H17N3O. The molecule has 0 aliphatic carbocycles. The molecule has 1 aromatic carbocycles. The first kappa shape index (κ1) is 13.5. The van der Waals surface area contributed by atoms with Gasteiger partial charge in [-0.15, -0.1) is 0 Å². The van der Waals surface area contributed by atoms with Crippen molar-refractivity contribution in [2.75, 3.05) is 6.54 Å². The van der Waals surface area contributed by atoms with Gasteiger partial charge in [-0.25, -0.2) is 0 Å². The second-order valence-corrected chi connectivity index (χ2v) is 5.09. The first-order valence-electron chi connectivity index (χ1n) is 7.04. The monoisotopic (exact) mass is 279 g/mol. The van der Waals surface area contributed by atoms with Crippen LogP contribution in [0.15, 0.2) is 53.3 Å². The van der Waals surface area contributed by atoms with Crippen molar-refractivity contribution in [1.29, 1.82) is 5.26 Å². The van der Waals surface area contributed by atoms with E-state index in [0.29, 0.717) is 5.56 Å². The fourth-order valence-electron chi connectivity index (χ4n) is 2.49. The molecule has 0 fully saturated rings. The van der Waals surface area contributed by atoms with E-state index in [0.717, 1.165) is 29.8 Å². The molecule has 0 saturated carbocycles. The highest BCUT2D eigenvalue weighted by molar-refractivity contribution is 5.81. The molecule has 0 radical (unpaired) electrons. The fraction of sp³-hybridized carbons (Fsp3) is 0.235. The van der Waals surface area contributed by atoms with Crippen LogP contribution in [-0.2, 0) is 6.54 Å². The molecule has 1 N–H and O–H groups in total. The standard InChI is InChI=1S/C17H17N3O/c1-13(17-3-2-10-21-17)19-7-9-20-8-6-15-5-4-14(12-18)11-16(15)20/h2-6,8,10-11,13,19H,7,9H2,1H3. The van der Waals surface area contributed by atoms with E-state index >= 15 is 0 Å². The Bertz CT molecular complexity index is 765. The van der Waals surface area contributed by atoms with Crippen LogP contribution in [-0.4, -0.2) is 11.1 Å². The number of aromatic nitrogens is 1. The summed E-state index contributed by atoms with van der Waals surface area (Å²) in [6, 6.07) is 14.1. The molecule has 1 atom stereocenters. The van der Waals surface area contributed by atoms with E-state index in [-0.39, 0.29) is 6.04 Å². The molecule has 1 unspecified atom stereocenters. The Labute approximate surface area is 123 Å². The van der Waals surface area contributed by atoms with E-state index in [1.165, 1.54) is 0 Å². The van der Waals surface area contributed by atoms with E-state index in [4.69, 9.17) is 9.68 Å². The normalized spacial score (nSPS) is 12.4. The largest absolute Gasteiger partial charge is 0.468 e. The highest BCUT2D eigenvalue weighted by Crippen LogP contribution is 2.17. The molecule has 0 aliphatic rings. The summed E-state index contributed by atoms with van der Waals surface area (Å²) in [5.41, 5.74) is 1.79. The zero-order valence-electron chi connectivity index (χ0n) is 11.9. The maximum Gasteiger partial charge on any atom is 0.120 e. The van der Waals surface area contributed by atoms with Crippen molar-refractivity contribution in [3.8, 4) is 6.07 Å².